The molecule has 0 radical (unpaired) electrons. The number of hydrogen-bond acceptors (Lipinski definition) is 2. The van der Waals surface area contributed by atoms with Gasteiger partial charge in [0.25, 0.3) is 0 Å². The Morgan fingerprint density at radius 2 is 2.31 bits per heavy atom. The number of nitrogens with zero attached hydrogens (tertiary/aromatic N) is 1. The van der Waals surface area contributed by atoms with Crippen molar-refractivity contribution in [2.45, 2.75) is 26.0 Å². The lowest BCUT2D eigenvalue weighted by molar-refractivity contribution is 0.185. The van der Waals surface area contributed by atoms with Gasteiger partial charge in [-0.05, 0) is 23.6 Å². The highest BCUT2D eigenvalue weighted by Gasteiger charge is 2.25. The van der Waals surface area contributed by atoms with Gasteiger partial charge >= 0.3 is 0 Å². The topological polar surface area (TPSA) is 23.5 Å². The van der Waals surface area contributed by atoms with Crippen LogP contribution in [-0.4, -0.2) is 18.4 Å². The summed E-state index contributed by atoms with van der Waals surface area (Å²) in [7, 11) is 1.94. The molecule has 0 saturated carbocycles. The highest BCUT2D eigenvalue weighted by molar-refractivity contribution is 5.60. The largest absolute Gasteiger partial charge is 0.373 e. The first-order valence-electron chi connectivity index (χ1n) is 4.75. The molecule has 2 heteroatoms. The van der Waals surface area contributed by atoms with E-state index in [9.17, 15) is 5.11 Å². The lowest BCUT2D eigenvalue weighted by Gasteiger charge is -2.16. The summed E-state index contributed by atoms with van der Waals surface area (Å²) in [5, 5.41) is 9.66. The third-order valence-electron chi connectivity index (χ3n) is 2.84. The monoisotopic (exact) mass is 177 g/mol. The van der Waals surface area contributed by atoms with Gasteiger partial charge in [0.2, 0.25) is 0 Å². The van der Waals surface area contributed by atoms with Crippen LogP contribution in [0.2, 0.25) is 0 Å². The van der Waals surface area contributed by atoms with Crippen LogP contribution in [0.5, 0.6) is 0 Å². The van der Waals surface area contributed by atoms with Crippen molar-refractivity contribution >= 4 is 5.69 Å². The zero-order valence-corrected chi connectivity index (χ0v) is 8.12. The smallest absolute Gasteiger partial charge is 0.130 e. The molecular formula is C11H15NO. The first-order chi connectivity index (χ1) is 6.24. The molecule has 1 aliphatic rings. The van der Waals surface area contributed by atoms with Crippen molar-refractivity contribution in [3.8, 4) is 0 Å². The van der Waals surface area contributed by atoms with Crippen LogP contribution in [-0.2, 0) is 12.8 Å². The van der Waals surface area contributed by atoms with E-state index in [1.165, 1.54) is 16.8 Å². The molecule has 1 aromatic rings. The zero-order valence-electron chi connectivity index (χ0n) is 8.12. The van der Waals surface area contributed by atoms with E-state index >= 15 is 0 Å². The Morgan fingerprint density at radius 3 is 3.00 bits per heavy atom. The summed E-state index contributed by atoms with van der Waals surface area (Å²) in [4.78, 5) is 1.94. The average molecular weight is 177 g/mol. The third kappa shape index (κ3) is 1.22. The number of anilines is 1. The number of aliphatic hydroxyl groups is 1. The van der Waals surface area contributed by atoms with Gasteiger partial charge in [-0.2, -0.15) is 0 Å². The Bertz CT molecular complexity index is 322. The van der Waals surface area contributed by atoms with Crippen LogP contribution in [0.3, 0.4) is 0 Å². The maximum absolute atomic E-state index is 9.66. The summed E-state index contributed by atoms with van der Waals surface area (Å²) in [5.41, 5.74) is 3.87. The Kier molecular flexibility index (Phi) is 2.00. The van der Waals surface area contributed by atoms with E-state index in [4.69, 9.17) is 0 Å². The number of benzene rings is 1. The fourth-order valence-electron chi connectivity index (χ4n) is 2.00. The van der Waals surface area contributed by atoms with Crippen molar-refractivity contribution in [2.24, 2.45) is 0 Å². The van der Waals surface area contributed by atoms with Gasteiger partial charge in [-0.1, -0.05) is 19.1 Å². The number of fused-ring (bicyclic) bond motifs is 1. The Morgan fingerprint density at radius 1 is 1.54 bits per heavy atom. The molecule has 1 unspecified atom stereocenters. The standard InChI is InChI=1S/C11H15NO/c1-3-8-5-4-6-10-9(8)7-11(13)12(10)2/h4-6,11,13H,3,7H2,1-2H3. The molecule has 1 aliphatic heterocycles. The third-order valence-corrected chi connectivity index (χ3v) is 2.84. The van der Waals surface area contributed by atoms with Crippen LogP contribution in [0, 0.1) is 0 Å². The lowest BCUT2D eigenvalue weighted by atomic mass is 10.0. The summed E-state index contributed by atoms with van der Waals surface area (Å²) >= 11 is 0. The first kappa shape index (κ1) is 8.57. The molecule has 0 fully saturated rings. The van der Waals surface area contributed by atoms with Crippen molar-refractivity contribution in [2.75, 3.05) is 11.9 Å². The van der Waals surface area contributed by atoms with E-state index in [1.54, 1.807) is 0 Å². The molecule has 0 saturated heterocycles. The summed E-state index contributed by atoms with van der Waals surface area (Å²) < 4.78 is 0. The Balaban J connectivity index is 2.49. The predicted molar refractivity (Wildman–Crippen MR) is 53.9 cm³/mol. The minimum atomic E-state index is -0.331. The normalized spacial score (nSPS) is 20.5. The van der Waals surface area contributed by atoms with Crippen molar-refractivity contribution in [1.82, 2.24) is 0 Å². The van der Waals surface area contributed by atoms with Crippen LogP contribution < -0.4 is 4.90 Å². The predicted octanol–water partition coefficient (Wildman–Crippen LogP) is 1.56. The lowest BCUT2D eigenvalue weighted by Crippen LogP contribution is -2.26. The van der Waals surface area contributed by atoms with E-state index in [0.717, 1.165) is 12.8 Å². The molecular weight excluding hydrogens is 162 g/mol. The van der Waals surface area contributed by atoms with Gasteiger partial charge in [-0.3, -0.25) is 0 Å². The molecule has 0 spiro atoms. The van der Waals surface area contributed by atoms with Gasteiger partial charge in [0.15, 0.2) is 0 Å². The van der Waals surface area contributed by atoms with E-state index in [1.807, 2.05) is 11.9 Å². The Labute approximate surface area is 78.8 Å². The Hall–Kier alpha value is -1.02. The fraction of sp³-hybridized carbons (Fsp3) is 0.455. The molecule has 2 nitrogen and oxygen atoms in total. The van der Waals surface area contributed by atoms with E-state index in [-0.39, 0.29) is 6.23 Å². The SMILES string of the molecule is CCc1cccc2c1CC(O)N2C. The first-order valence-corrected chi connectivity index (χ1v) is 4.75. The quantitative estimate of drug-likeness (QED) is 0.703. The minimum absolute atomic E-state index is 0.331. The summed E-state index contributed by atoms with van der Waals surface area (Å²) in [5.74, 6) is 0. The molecule has 70 valence electrons. The average Bonchev–Trinajstić information content (AvgIpc) is 2.43. The molecule has 2 rings (SSSR count). The van der Waals surface area contributed by atoms with E-state index < -0.39 is 0 Å². The van der Waals surface area contributed by atoms with Gasteiger partial charge in [-0.15, -0.1) is 0 Å². The van der Waals surface area contributed by atoms with E-state index in [2.05, 4.69) is 25.1 Å². The second-order valence-corrected chi connectivity index (χ2v) is 3.56. The highest BCUT2D eigenvalue weighted by atomic mass is 16.3. The van der Waals surface area contributed by atoms with Crippen LogP contribution in [0.25, 0.3) is 0 Å². The van der Waals surface area contributed by atoms with Crippen LogP contribution in [0.4, 0.5) is 5.69 Å². The number of rotatable bonds is 1. The molecule has 0 bridgehead atoms. The second-order valence-electron chi connectivity index (χ2n) is 3.56. The minimum Gasteiger partial charge on any atom is -0.373 e. The molecule has 0 aliphatic carbocycles. The fourth-order valence-corrected chi connectivity index (χ4v) is 2.00. The van der Waals surface area contributed by atoms with E-state index in [0.29, 0.717) is 0 Å². The molecule has 1 aromatic carbocycles. The van der Waals surface area contributed by atoms with Crippen molar-refractivity contribution in [3.05, 3.63) is 29.3 Å². The molecule has 1 heterocycles. The highest BCUT2D eigenvalue weighted by Crippen LogP contribution is 2.32. The van der Waals surface area contributed by atoms with Crippen LogP contribution in [0.1, 0.15) is 18.1 Å². The number of aliphatic hydroxyl groups excluding tert-OH is 1. The van der Waals surface area contributed by atoms with Gasteiger partial charge in [0, 0.05) is 19.2 Å². The van der Waals surface area contributed by atoms with Crippen LogP contribution in [0.15, 0.2) is 18.2 Å². The van der Waals surface area contributed by atoms with Crippen LogP contribution >= 0.6 is 0 Å². The number of hydrogen-bond donors (Lipinski definition) is 1. The molecule has 1 atom stereocenters. The van der Waals surface area contributed by atoms with Gasteiger partial charge < -0.3 is 10.0 Å². The van der Waals surface area contributed by atoms with Gasteiger partial charge in [0.05, 0.1) is 0 Å². The van der Waals surface area contributed by atoms with Crippen molar-refractivity contribution < 1.29 is 5.11 Å². The molecule has 0 amide bonds. The molecule has 13 heavy (non-hydrogen) atoms. The second kappa shape index (κ2) is 3.04. The zero-order chi connectivity index (χ0) is 9.42. The molecule has 1 N–H and O–H groups in total. The summed E-state index contributed by atoms with van der Waals surface area (Å²) in [6, 6.07) is 6.28. The summed E-state index contributed by atoms with van der Waals surface area (Å²) in [6.45, 7) is 2.15. The maximum atomic E-state index is 9.66. The van der Waals surface area contributed by atoms with Crippen molar-refractivity contribution in [1.29, 1.82) is 0 Å². The van der Waals surface area contributed by atoms with Gasteiger partial charge in [-0.25, -0.2) is 0 Å². The number of aryl methyl sites for hydroxylation is 1. The van der Waals surface area contributed by atoms with Gasteiger partial charge in [0.1, 0.15) is 6.23 Å². The molecule has 0 aromatic heterocycles. The maximum Gasteiger partial charge on any atom is 0.130 e. The summed E-state index contributed by atoms with van der Waals surface area (Å²) in [6.07, 6.45) is 1.49. The van der Waals surface area contributed by atoms with Crippen molar-refractivity contribution in [3.63, 3.8) is 0 Å². The number of likely N-dealkylation sites (N-methyl/N-ethyl adjacent to an activating group) is 1.